The summed E-state index contributed by atoms with van der Waals surface area (Å²) in [5.74, 6) is -1.81. The summed E-state index contributed by atoms with van der Waals surface area (Å²) in [5.41, 5.74) is -0.915. The van der Waals surface area contributed by atoms with Gasteiger partial charge in [0.05, 0.1) is 5.56 Å². The second-order valence-corrected chi connectivity index (χ2v) is 6.88. The van der Waals surface area contributed by atoms with Gasteiger partial charge in [-0.2, -0.15) is 13.2 Å². The van der Waals surface area contributed by atoms with Crippen molar-refractivity contribution in [3.8, 4) is 0 Å². The zero-order chi connectivity index (χ0) is 16.4. The van der Waals surface area contributed by atoms with E-state index in [9.17, 15) is 22.4 Å². The molecular weight excluding hydrogens is 354 g/mol. The van der Waals surface area contributed by atoms with E-state index in [1.807, 2.05) is 0 Å². The number of amides is 1. The Kier molecular flexibility index (Phi) is 5.41. The highest BCUT2D eigenvalue weighted by Crippen LogP contribution is 2.24. The van der Waals surface area contributed by atoms with E-state index in [4.69, 9.17) is 0 Å². The van der Waals surface area contributed by atoms with Gasteiger partial charge in [0, 0.05) is 11.0 Å². The Bertz CT molecular complexity index is 507. The summed E-state index contributed by atoms with van der Waals surface area (Å²) in [4.78, 5) is 12.9. The number of rotatable bonds is 3. The lowest BCUT2D eigenvalue weighted by atomic mass is 9.95. The van der Waals surface area contributed by atoms with Crippen LogP contribution in [0.5, 0.6) is 0 Å². The number of benzene rings is 1. The zero-order valence-corrected chi connectivity index (χ0v) is 13.5. The third kappa shape index (κ3) is 6.03. The second kappa shape index (κ2) is 6.34. The van der Waals surface area contributed by atoms with Crippen LogP contribution in [0.1, 0.15) is 31.1 Å². The monoisotopic (exact) mass is 369 g/mol. The predicted octanol–water partition coefficient (Wildman–Crippen LogP) is 4.64. The molecule has 0 radical (unpaired) electrons. The lowest BCUT2D eigenvalue weighted by molar-refractivity contribution is -0.142. The number of nitrogens with zero attached hydrogens (tertiary/aromatic N) is 1. The van der Waals surface area contributed by atoms with Crippen molar-refractivity contribution in [1.29, 1.82) is 0 Å². The first kappa shape index (κ1) is 17.9. The van der Waals surface area contributed by atoms with E-state index in [-0.39, 0.29) is 12.1 Å². The van der Waals surface area contributed by atoms with E-state index < -0.39 is 29.9 Å². The summed E-state index contributed by atoms with van der Waals surface area (Å²) in [6, 6.07) is 3.61. The summed E-state index contributed by atoms with van der Waals surface area (Å²) in [5, 5.41) is 0. The maximum atomic E-state index is 13.7. The highest BCUT2D eigenvalue weighted by molar-refractivity contribution is 9.10. The average molecular weight is 370 g/mol. The van der Waals surface area contributed by atoms with Crippen LogP contribution in [0.25, 0.3) is 0 Å². The fraction of sp³-hybridized carbons (Fsp3) is 0.500. The number of alkyl halides is 3. The summed E-state index contributed by atoms with van der Waals surface area (Å²) in [7, 11) is 0. The highest BCUT2D eigenvalue weighted by atomic mass is 79.9. The lowest BCUT2D eigenvalue weighted by Gasteiger charge is -2.30. The molecule has 0 unspecified atom stereocenters. The third-order valence-electron chi connectivity index (χ3n) is 2.48. The molecule has 0 bridgehead atoms. The van der Waals surface area contributed by atoms with Gasteiger partial charge >= 0.3 is 6.18 Å². The van der Waals surface area contributed by atoms with Gasteiger partial charge in [0.2, 0.25) is 0 Å². The number of hydrogen-bond acceptors (Lipinski definition) is 1. The Hall–Kier alpha value is -1.11. The largest absolute Gasteiger partial charge is 0.406 e. The Morgan fingerprint density at radius 1 is 1.19 bits per heavy atom. The van der Waals surface area contributed by atoms with Crippen LogP contribution in [0.3, 0.4) is 0 Å². The average Bonchev–Trinajstić information content (AvgIpc) is 2.27. The first-order chi connectivity index (χ1) is 9.39. The highest BCUT2D eigenvalue weighted by Gasteiger charge is 2.35. The standard InChI is InChI=1S/C14H16BrF4NO/c1-13(2,3)7-20(8-14(17,18)19)12(21)10-6-9(15)4-5-11(10)16/h4-6H,7-8H2,1-3H3. The smallest absolute Gasteiger partial charge is 0.329 e. The van der Waals surface area contributed by atoms with Gasteiger partial charge in [-0.1, -0.05) is 36.7 Å². The molecule has 1 aromatic rings. The number of halogens is 5. The predicted molar refractivity (Wildman–Crippen MR) is 75.5 cm³/mol. The minimum Gasteiger partial charge on any atom is -0.329 e. The first-order valence-corrected chi connectivity index (χ1v) is 6.99. The molecule has 1 amide bonds. The molecule has 21 heavy (non-hydrogen) atoms. The number of hydrogen-bond donors (Lipinski definition) is 0. The van der Waals surface area contributed by atoms with Crippen molar-refractivity contribution in [2.75, 3.05) is 13.1 Å². The molecule has 0 saturated heterocycles. The van der Waals surface area contributed by atoms with Crippen molar-refractivity contribution >= 4 is 21.8 Å². The van der Waals surface area contributed by atoms with Crippen LogP contribution < -0.4 is 0 Å². The van der Waals surface area contributed by atoms with Gasteiger partial charge < -0.3 is 4.90 Å². The van der Waals surface area contributed by atoms with E-state index in [0.717, 1.165) is 6.07 Å². The van der Waals surface area contributed by atoms with E-state index in [2.05, 4.69) is 15.9 Å². The fourth-order valence-electron chi connectivity index (χ4n) is 1.82. The minimum atomic E-state index is -4.54. The second-order valence-electron chi connectivity index (χ2n) is 5.96. The SMILES string of the molecule is CC(C)(C)CN(CC(F)(F)F)C(=O)c1cc(Br)ccc1F. The molecular formula is C14H16BrF4NO. The molecule has 0 N–H and O–H groups in total. The van der Waals surface area contributed by atoms with Gasteiger partial charge in [-0.3, -0.25) is 4.79 Å². The first-order valence-electron chi connectivity index (χ1n) is 6.20. The van der Waals surface area contributed by atoms with Crippen LogP contribution in [-0.2, 0) is 0 Å². The van der Waals surface area contributed by atoms with Crippen molar-refractivity contribution in [1.82, 2.24) is 4.90 Å². The van der Waals surface area contributed by atoms with Crippen LogP contribution in [0, 0.1) is 11.2 Å². The van der Waals surface area contributed by atoms with Crippen LogP contribution in [-0.4, -0.2) is 30.1 Å². The van der Waals surface area contributed by atoms with Gasteiger partial charge in [0.1, 0.15) is 12.4 Å². The summed E-state index contributed by atoms with van der Waals surface area (Å²) < 4.78 is 52.0. The zero-order valence-electron chi connectivity index (χ0n) is 11.9. The molecule has 0 saturated carbocycles. The molecule has 0 atom stereocenters. The molecule has 0 aliphatic carbocycles. The lowest BCUT2D eigenvalue weighted by Crippen LogP contribution is -2.43. The maximum absolute atomic E-state index is 13.7. The molecule has 2 nitrogen and oxygen atoms in total. The van der Waals surface area contributed by atoms with E-state index in [1.54, 1.807) is 20.8 Å². The summed E-state index contributed by atoms with van der Waals surface area (Å²) in [6.45, 7) is 3.59. The topological polar surface area (TPSA) is 20.3 Å². The van der Waals surface area contributed by atoms with Gasteiger partial charge in [-0.15, -0.1) is 0 Å². The van der Waals surface area contributed by atoms with E-state index in [0.29, 0.717) is 9.37 Å². The van der Waals surface area contributed by atoms with Gasteiger partial charge in [-0.25, -0.2) is 4.39 Å². The summed E-state index contributed by atoms with van der Waals surface area (Å²) in [6.07, 6.45) is -4.54. The molecule has 0 fully saturated rings. The molecule has 0 spiro atoms. The minimum absolute atomic E-state index is 0.128. The van der Waals surface area contributed by atoms with Gasteiger partial charge in [-0.05, 0) is 23.6 Å². The van der Waals surface area contributed by atoms with Crippen LogP contribution in [0.15, 0.2) is 22.7 Å². The van der Waals surface area contributed by atoms with Gasteiger partial charge in [0.15, 0.2) is 0 Å². The fourth-order valence-corrected chi connectivity index (χ4v) is 2.18. The molecule has 0 aromatic heterocycles. The number of carbonyl (C=O) groups excluding carboxylic acids is 1. The molecule has 118 valence electrons. The normalized spacial score (nSPS) is 12.4. The van der Waals surface area contributed by atoms with Crippen molar-refractivity contribution in [2.45, 2.75) is 26.9 Å². The van der Waals surface area contributed by atoms with Crippen molar-refractivity contribution in [3.05, 3.63) is 34.1 Å². The third-order valence-corrected chi connectivity index (χ3v) is 2.97. The Balaban J connectivity index is 3.12. The van der Waals surface area contributed by atoms with Crippen molar-refractivity contribution in [2.24, 2.45) is 5.41 Å². The molecule has 0 aliphatic heterocycles. The molecule has 0 heterocycles. The van der Waals surface area contributed by atoms with Crippen LogP contribution in [0.2, 0.25) is 0 Å². The van der Waals surface area contributed by atoms with E-state index in [1.165, 1.54) is 12.1 Å². The maximum Gasteiger partial charge on any atom is 0.406 e. The van der Waals surface area contributed by atoms with Crippen LogP contribution in [0.4, 0.5) is 17.6 Å². The quantitative estimate of drug-likeness (QED) is 0.710. The van der Waals surface area contributed by atoms with E-state index >= 15 is 0 Å². The molecule has 7 heteroatoms. The molecule has 0 aliphatic rings. The van der Waals surface area contributed by atoms with Crippen molar-refractivity contribution in [3.63, 3.8) is 0 Å². The Morgan fingerprint density at radius 3 is 2.24 bits per heavy atom. The molecule has 1 aromatic carbocycles. The van der Waals surface area contributed by atoms with Gasteiger partial charge in [0.25, 0.3) is 5.91 Å². The Labute approximate surface area is 129 Å². The Morgan fingerprint density at radius 2 is 1.76 bits per heavy atom. The number of carbonyl (C=O) groups is 1. The molecule has 1 rings (SSSR count). The van der Waals surface area contributed by atoms with Crippen molar-refractivity contribution < 1.29 is 22.4 Å². The van der Waals surface area contributed by atoms with Crippen LogP contribution >= 0.6 is 15.9 Å². The summed E-state index contributed by atoms with van der Waals surface area (Å²) >= 11 is 3.08.